The lowest BCUT2D eigenvalue weighted by Gasteiger charge is -2.43. The van der Waals surface area contributed by atoms with Gasteiger partial charge in [0.15, 0.2) is 5.78 Å². The summed E-state index contributed by atoms with van der Waals surface area (Å²) in [6, 6.07) is 8.40. The number of piperidine rings is 1. The number of allylic oxidation sites excluding steroid dienone is 1. The monoisotopic (exact) mass is 338 g/mol. The van der Waals surface area contributed by atoms with Crippen molar-refractivity contribution in [1.82, 2.24) is 5.32 Å². The van der Waals surface area contributed by atoms with Gasteiger partial charge in [-0.1, -0.05) is 18.2 Å². The topological polar surface area (TPSA) is 58.6 Å². The molecule has 2 fully saturated rings. The molecule has 0 radical (unpaired) electrons. The molecule has 5 atom stereocenters. The Bertz CT molecular complexity index is 817. The molecular formula is C20H22N2O3. The maximum atomic E-state index is 13.4. The van der Waals surface area contributed by atoms with Gasteiger partial charge in [-0.3, -0.25) is 9.59 Å². The first kappa shape index (κ1) is 15.1. The van der Waals surface area contributed by atoms with Gasteiger partial charge in [-0.15, -0.1) is 0 Å². The molecule has 0 aliphatic carbocycles. The first-order valence-electron chi connectivity index (χ1n) is 9.00. The van der Waals surface area contributed by atoms with Crippen LogP contribution in [0.5, 0.6) is 0 Å². The van der Waals surface area contributed by atoms with E-state index in [-0.39, 0.29) is 35.6 Å². The number of nitrogens with one attached hydrogen (secondary N) is 1. The SMILES string of the molecule is CC(=O)C1=COC[C@H]2[C@H]3N[C@@H](C[C@@H]12)C[C@]31C(=O)N(C)c2ccccc21. The van der Waals surface area contributed by atoms with Crippen molar-refractivity contribution < 1.29 is 14.3 Å². The average molecular weight is 338 g/mol. The number of anilines is 1. The van der Waals surface area contributed by atoms with E-state index in [4.69, 9.17) is 4.74 Å². The summed E-state index contributed by atoms with van der Waals surface area (Å²) in [6.07, 6.45) is 3.35. The number of hydrogen-bond donors (Lipinski definition) is 1. The van der Waals surface area contributed by atoms with Gasteiger partial charge in [0, 0.05) is 36.3 Å². The van der Waals surface area contributed by atoms with Crippen LogP contribution in [0.1, 0.15) is 25.3 Å². The zero-order valence-electron chi connectivity index (χ0n) is 14.5. The van der Waals surface area contributed by atoms with Crippen LogP contribution in [0.2, 0.25) is 0 Å². The maximum absolute atomic E-state index is 13.4. The number of rotatable bonds is 1. The molecule has 0 saturated carbocycles. The third-order valence-electron chi connectivity index (χ3n) is 6.74. The fraction of sp³-hybridized carbons (Fsp3) is 0.500. The highest BCUT2D eigenvalue weighted by atomic mass is 16.5. The first-order chi connectivity index (χ1) is 12.0. The van der Waals surface area contributed by atoms with E-state index in [2.05, 4.69) is 11.4 Å². The van der Waals surface area contributed by atoms with Crippen LogP contribution in [0.3, 0.4) is 0 Å². The molecule has 5 nitrogen and oxygen atoms in total. The number of fused-ring (bicyclic) bond motifs is 7. The van der Waals surface area contributed by atoms with E-state index in [1.165, 1.54) is 0 Å². The number of ketones is 1. The lowest BCUT2D eigenvalue weighted by molar-refractivity contribution is -0.124. The second-order valence-corrected chi connectivity index (χ2v) is 7.87. The highest BCUT2D eigenvalue weighted by Gasteiger charge is 2.64. The van der Waals surface area contributed by atoms with Gasteiger partial charge in [0.2, 0.25) is 5.91 Å². The van der Waals surface area contributed by atoms with Crippen molar-refractivity contribution >= 4 is 17.4 Å². The Balaban J connectivity index is 1.64. The van der Waals surface area contributed by atoms with Crippen LogP contribution >= 0.6 is 0 Å². The summed E-state index contributed by atoms with van der Waals surface area (Å²) >= 11 is 0. The molecule has 4 heterocycles. The van der Waals surface area contributed by atoms with Crippen LogP contribution in [0.15, 0.2) is 36.1 Å². The third-order valence-corrected chi connectivity index (χ3v) is 6.74. The molecule has 130 valence electrons. The number of nitrogens with zero attached hydrogens (tertiary/aromatic N) is 1. The largest absolute Gasteiger partial charge is 0.500 e. The van der Waals surface area contributed by atoms with Gasteiger partial charge in [-0.05, 0) is 37.3 Å². The first-order valence-corrected chi connectivity index (χ1v) is 9.00. The van der Waals surface area contributed by atoms with Crippen LogP contribution in [0.4, 0.5) is 5.69 Å². The van der Waals surface area contributed by atoms with E-state index in [0.29, 0.717) is 6.61 Å². The molecule has 1 spiro atoms. The maximum Gasteiger partial charge on any atom is 0.239 e. The highest BCUT2D eigenvalue weighted by Crippen LogP contribution is 2.56. The fourth-order valence-electron chi connectivity index (χ4n) is 5.74. The van der Waals surface area contributed by atoms with Crippen molar-refractivity contribution in [2.75, 3.05) is 18.6 Å². The molecule has 0 aromatic heterocycles. The van der Waals surface area contributed by atoms with Gasteiger partial charge in [0.25, 0.3) is 0 Å². The summed E-state index contributed by atoms with van der Waals surface area (Å²) in [5, 5.41) is 3.71. The molecule has 5 rings (SSSR count). The Kier molecular flexibility index (Phi) is 2.99. The molecule has 0 unspecified atom stereocenters. The third kappa shape index (κ3) is 1.77. The van der Waals surface area contributed by atoms with E-state index < -0.39 is 5.41 Å². The van der Waals surface area contributed by atoms with Crippen LogP contribution in [-0.2, 0) is 19.7 Å². The van der Waals surface area contributed by atoms with Gasteiger partial charge in [-0.2, -0.15) is 0 Å². The zero-order chi connectivity index (χ0) is 17.3. The van der Waals surface area contributed by atoms with E-state index in [9.17, 15) is 9.59 Å². The van der Waals surface area contributed by atoms with Gasteiger partial charge >= 0.3 is 0 Å². The minimum absolute atomic E-state index is 0.0119. The Morgan fingerprint density at radius 3 is 2.96 bits per heavy atom. The smallest absolute Gasteiger partial charge is 0.239 e. The second-order valence-electron chi connectivity index (χ2n) is 7.87. The van der Waals surface area contributed by atoms with Gasteiger partial charge in [0.1, 0.15) is 0 Å². The molecular weight excluding hydrogens is 316 g/mol. The number of hydrogen-bond acceptors (Lipinski definition) is 4. The Labute approximate surface area is 147 Å². The van der Waals surface area contributed by atoms with Gasteiger partial charge in [-0.25, -0.2) is 0 Å². The van der Waals surface area contributed by atoms with Crippen LogP contribution in [0.25, 0.3) is 0 Å². The fourth-order valence-corrected chi connectivity index (χ4v) is 5.74. The summed E-state index contributed by atoms with van der Waals surface area (Å²) in [7, 11) is 1.87. The Morgan fingerprint density at radius 1 is 1.36 bits per heavy atom. The van der Waals surface area contributed by atoms with E-state index in [1.807, 2.05) is 25.2 Å². The van der Waals surface area contributed by atoms with Crippen LogP contribution in [0, 0.1) is 11.8 Å². The summed E-state index contributed by atoms with van der Waals surface area (Å²) in [5.41, 5.74) is 2.40. The highest BCUT2D eigenvalue weighted by molar-refractivity contribution is 6.09. The molecule has 2 saturated heterocycles. The molecule has 4 aliphatic rings. The minimum atomic E-state index is -0.530. The summed E-state index contributed by atoms with van der Waals surface area (Å²) < 4.78 is 5.67. The van der Waals surface area contributed by atoms with E-state index >= 15 is 0 Å². The lowest BCUT2D eigenvalue weighted by Crippen LogP contribution is -2.57. The minimum Gasteiger partial charge on any atom is -0.500 e. The van der Waals surface area contributed by atoms with Crippen molar-refractivity contribution in [2.24, 2.45) is 11.8 Å². The number of likely N-dealkylation sites (N-methyl/N-ethyl adjacent to an activating group) is 1. The number of ether oxygens (including phenoxy) is 1. The second kappa shape index (κ2) is 4.94. The molecule has 1 N–H and O–H groups in total. The number of carbonyl (C=O) groups is 2. The molecule has 1 aromatic rings. The summed E-state index contributed by atoms with van der Waals surface area (Å²) in [5.74, 6) is 0.590. The predicted octanol–water partition coefficient (Wildman–Crippen LogP) is 1.77. The Morgan fingerprint density at radius 2 is 2.16 bits per heavy atom. The van der Waals surface area contributed by atoms with Crippen molar-refractivity contribution in [3.05, 3.63) is 41.7 Å². The van der Waals surface area contributed by atoms with Crippen LogP contribution < -0.4 is 10.2 Å². The van der Waals surface area contributed by atoms with Crippen molar-refractivity contribution in [2.45, 2.75) is 37.3 Å². The average Bonchev–Trinajstić information content (AvgIpc) is 3.04. The number of benzene rings is 1. The molecule has 2 bridgehead atoms. The summed E-state index contributed by atoms with van der Waals surface area (Å²) in [6.45, 7) is 2.17. The lowest BCUT2D eigenvalue weighted by atomic mass is 9.67. The summed E-state index contributed by atoms with van der Waals surface area (Å²) in [4.78, 5) is 27.3. The van der Waals surface area contributed by atoms with Gasteiger partial charge in [0.05, 0.1) is 18.3 Å². The van der Waals surface area contributed by atoms with Crippen molar-refractivity contribution in [1.29, 1.82) is 0 Å². The molecule has 1 aromatic carbocycles. The standard InChI is InChI=1S/C20H22N2O3/c1-11(23)14-9-25-10-15-13(14)7-12-8-20(18(15)21-12)16-5-3-4-6-17(16)22(2)19(20)24/h3-6,9,12-13,15,18,21H,7-8,10H2,1-2H3/t12-,13-,15+,18+,20+/m0/s1. The predicted molar refractivity (Wildman–Crippen MR) is 93.2 cm³/mol. The van der Waals surface area contributed by atoms with E-state index in [0.717, 1.165) is 29.7 Å². The Hall–Kier alpha value is -2.14. The zero-order valence-corrected chi connectivity index (χ0v) is 14.5. The molecule has 5 heteroatoms. The van der Waals surface area contributed by atoms with Crippen molar-refractivity contribution in [3.8, 4) is 0 Å². The molecule has 4 aliphatic heterocycles. The van der Waals surface area contributed by atoms with Crippen LogP contribution in [-0.4, -0.2) is 37.4 Å². The number of carbonyl (C=O) groups excluding carboxylic acids is 2. The van der Waals surface area contributed by atoms with Gasteiger partial charge < -0.3 is 15.0 Å². The molecule has 1 amide bonds. The number of amides is 1. The van der Waals surface area contributed by atoms with Crippen molar-refractivity contribution in [3.63, 3.8) is 0 Å². The number of para-hydroxylation sites is 1. The molecule has 25 heavy (non-hydrogen) atoms. The normalized spacial score (nSPS) is 38.2. The quantitative estimate of drug-likeness (QED) is 0.848. The number of Topliss-reactive ketones (excluding diaryl/α,β-unsaturated/α-hetero) is 1. The van der Waals surface area contributed by atoms with E-state index in [1.54, 1.807) is 18.1 Å².